The second kappa shape index (κ2) is 10.6. The SMILES string of the molecule is Cc1cc(Nc2ccc(NC(=O)Nc3ccc4c(c3)CCCO4)cc2)nc(NC2CCCCC2)n1. The first-order chi connectivity index (χ1) is 17.1. The lowest BCUT2D eigenvalue weighted by atomic mass is 9.96. The van der Waals surface area contributed by atoms with Gasteiger partial charge in [0.25, 0.3) is 0 Å². The van der Waals surface area contributed by atoms with Gasteiger partial charge in [0.1, 0.15) is 11.6 Å². The third-order valence-electron chi connectivity index (χ3n) is 6.37. The number of nitrogens with one attached hydrogen (secondary N) is 4. The second-order valence-corrected chi connectivity index (χ2v) is 9.25. The van der Waals surface area contributed by atoms with E-state index in [1.807, 2.05) is 55.5 Å². The summed E-state index contributed by atoms with van der Waals surface area (Å²) in [6, 6.07) is 15.4. The Labute approximate surface area is 205 Å². The fourth-order valence-electron chi connectivity index (χ4n) is 4.64. The van der Waals surface area contributed by atoms with E-state index in [0.29, 0.717) is 17.7 Å². The van der Waals surface area contributed by atoms with Gasteiger partial charge in [-0.15, -0.1) is 0 Å². The highest BCUT2D eigenvalue weighted by molar-refractivity contribution is 6.00. The summed E-state index contributed by atoms with van der Waals surface area (Å²) < 4.78 is 5.63. The maximum atomic E-state index is 12.5. The fraction of sp³-hybridized carbons (Fsp3) is 0.370. The molecule has 0 unspecified atom stereocenters. The van der Waals surface area contributed by atoms with Gasteiger partial charge in [0.05, 0.1) is 6.61 Å². The molecule has 2 amide bonds. The van der Waals surface area contributed by atoms with Crippen LogP contribution in [-0.2, 0) is 6.42 Å². The van der Waals surface area contributed by atoms with Gasteiger partial charge in [0, 0.05) is 34.9 Å². The number of ether oxygens (including phenoxy) is 1. The number of carbonyl (C=O) groups is 1. The van der Waals surface area contributed by atoms with Crippen LogP contribution in [0.3, 0.4) is 0 Å². The first-order valence-electron chi connectivity index (χ1n) is 12.4. The summed E-state index contributed by atoms with van der Waals surface area (Å²) in [5.41, 5.74) is 4.37. The second-order valence-electron chi connectivity index (χ2n) is 9.25. The van der Waals surface area contributed by atoms with Crippen LogP contribution in [0.15, 0.2) is 48.5 Å². The Kier molecular flexibility index (Phi) is 6.97. The molecule has 0 atom stereocenters. The van der Waals surface area contributed by atoms with Crippen LogP contribution in [0.1, 0.15) is 49.8 Å². The Morgan fingerprint density at radius 3 is 2.46 bits per heavy atom. The molecule has 8 heteroatoms. The van der Waals surface area contributed by atoms with Crippen LogP contribution in [0.2, 0.25) is 0 Å². The summed E-state index contributed by atoms with van der Waals surface area (Å²) in [4.78, 5) is 21.7. The van der Waals surface area contributed by atoms with Crippen molar-refractivity contribution in [3.8, 4) is 5.75 Å². The Hall–Kier alpha value is -3.81. The number of aromatic nitrogens is 2. The fourth-order valence-corrected chi connectivity index (χ4v) is 4.64. The number of benzene rings is 2. The van der Waals surface area contributed by atoms with E-state index in [9.17, 15) is 4.79 Å². The van der Waals surface area contributed by atoms with Gasteiger partial charge in [-0.3, -0.25) is 0 Å². The quantitative estimate of drug-likeness (QED) is 0.339. The number of hydrogen-bond donors (Lipinski definition) is 4. The van der Waals surface area contributed by atoms with Gasteiger partial charge in [-0.2, -0.15) is 4.98 Å². The lowest BCUT2D eigenvalue weighted by molar-refractivity contribution is 0.262. The highest BCUT2D eigenvalue weighted by Gasteiger charge is 2.15. The van der Waals surface area contributed by atoms with E-state index >= 15 is 0 Å². The van der Waals surface area contributed by atoms with Crippen molar-refractivity contribution in [3.05, 3.63) is 59.8 Å². The van der Waals surface area contributed by atoms with Gasteiger partial charge < -0.3 is 26.0 Å². The number of rotatable bonds is 6. The van der Waals surface area contributed by atoms with Gasteiger partial charge in [0.15, 0.2) is 0 Å². The van der Waals surface area contributed by atoms with Gasteiger partial charge in [-0.05, 0) is 80.6 Å². The maximum Gasteiger partial charge on any atom is 0.323 e. The number of anilines is 5. The monoisotopic (exact) mass is 472 g/mol. The average molecular weight is 473 g/mol. The van der Waals surface area contributed by atoms with Crippen molar-refractivity contribution >= 4 is 34.9 Å². The Morgan fingerprint density at radius 2 is 1.63 bits per heavy atom. The largest absolute Gasteiger partial charge is 0.493 e. The van der Waals surface area contributed by atoms with Crippen molar-refractivity contribution in [1.29, 1.82) is 0 Å². The molecule has 1 aliphatic heterocycles. The zero-order valence-electron chi connectivity index (χ0n) is 20.1. The normalized spacial score (nSPS) is 15.5. The van der Waals surface area contributed by atoms with Gasteiger partial charge >= 0.3 is 6.03 Å². The molecule has 182 valence electrons. The summed E-state index contributed by atoms with van der Waals surface area (Å²) in [5, 5.41) is 12.6. The topological polar surface area (TPSA) is 100 Å². The predicted octanol–water partition coefficient (Wildman–Crippen LogP) is 6.24. The van der Waals surface area contributed by atoms with Crippen molar-refractivity contribution in [1.82, 2.24) is 9.97 Å². The zero-order valence-corrected chi connectivity index (χ0v) is 20.1. The first-order valence-corrected chi connectivity index (χ1v) is 12.4. The molecule has 0 bridgehead atoms. The number of amides is 2. The Bertz CT molecular complexity index is 1170. The summed E-state index contributed by atoms with van der Waals surface area (Å²) in [6.07, 6.45) is 8.13. The van der Waals surface area contributed by atoms with Crippen LogP contribution in [-0.4, -0.2) is 28.6 Å². The number of nitrogens with zero attached hydrogens (tertiary/aromatic N) is 2. The van der Waals surface area contributed by atoms with Crippen LogP contribution in [0.4, 0.5) is 33.6 Å². The lowest BCUT2D eigenvalue weighted by Crippen LogP contribution is -2.23. The summed E-state index contributed by atoms with van der Waals surface area (Å²) in [7, 11) is 0. The van der Waals surface area contributed by atoms with E-state index in [0.717, 1.165) is 53.6 Å². The molecule has 4 N–H and O–H groups in total. The number of hydrogen-bond acceptors (Lipinski definition) is 6. The number of urea groups is 1. The van der Waals surface area contributed by atoms with Crippen LogP contribution < -0.4 is 26.0 Å². The van der Waals surface area contributed by atoms with Crippen LogP contribution >= 0.6 is 0 Å². The molecule has 1 aliphatic carbocycles. The van der Waals surface area contributed by atoms with E-state index in [1.165, 1.54) is 32.1 Å². The van der Waals surface area contributed by atoms with E-state index in [4.69, 9.17) is 4.74 Å². The molecule has 1 aromatic heterocycles. The number of carbonyl (C=O) groups excluding carboxylic acids is 1. The minimum Gasteiger partial charge on any atom is -0.493 e. The summed E-state index contributed by atoms with van der Waals surface area (Å²) >= 11 is 0. The summed E-state index contributed by atoms with van der Waals surface area (Å²) in [5.74, 6) is 2.31. The van der Waals surface area contributed by atoms with Crippen molar-refractivity contribution in [2.45, 2.75) is 57.9 Å². The Morgan fingerprint density at radius 1 is 0.886 bits per heavy atom. The standard InChI is InChI=1S/C27H32N6O2/c1-18-16-25(33-26(28-18)30-20-7-3-2-4-8-20)29-21-9-11-22(12-10-21)31-27(34)32-23-13-14-24-19(17-23)6-5-15-35-24/h9-14,16-17,20H,2-8,15H2,1H3,(H2,31,32,34)(H2,28,29,30,33). The molecule has 2 heterocycles. The van der Waals surface area contributed by atoms with Gasteiger partial charge in [-0.1, -0.05) is 19.3 Å². The molecule has 3 aromatic rings. The average Bonchev–Trinajstić information content (AvgIpc) is 2.85. The van der Waals surface area contributed by atoms with Crippen LogP contribution in [0.5, 0.6) is 5.75 Å². The van der Waals surface area contributed by atoms with Gasteiger partial charge in [-0.25, -0.2) is 9.78 Å². The van der Waals surface area contributed by atoms with E-state index in [-0.39, 0.29) is 6.03 Å². The van der Waals surface area contributed by atoms with E-state index in [2.05, 4.69) is 31.2 Å². The summed E-state index contributed by atoms with van der Waals surface area (Å²) in [6.45, 7) is 2.72. The number of aryl methyl sites for hydroxylation is 2. The van der Waals surface area contributed by atoms with Crippen LogP contribution in [0, 0.1) is 6.92 Å². The van der Waals surface area contributed by atoms with Gasteiger partial charge in [0.2, 0.25) is 5.95 Å². The van der Waals surface area contributed by atoms with Crippen molar-refractivity contribution in [3.63, 3.8) is 0 Å². The Balaban J connectivity index is 1.17. The lowest BCUT2D eigenvalue weighted by Gasteiger charge is -2.23. The molecule has 8 nitrogen and oxygen atoms in total. The highest BCUT2D eigenvalue weighted by Crippen LogP contribution is 2.28. The molecule has 1 fully saturated rings. The molecule has 2 aliphatic rings. The molecule has 35 heavy (non-hydrogen) atoms. The molecular formula is C27H32N6O2. The molecule has 5 rings (SSSR count). The third-order valence-corrected chi connectivity index (χ3v) is 6.37. The molecule has 2 aromatic carbocycles. The van der Waals surface area contributed by atoms with E-state index < -0.39 is 0 Å². The minimum absolute atomic E-state index is 0.285. The molecule has 0 saturated heterocycles. The molecule has 0 radical (unpaired) electrons. The smallest absolute Gasteiger partial charge is 0.323 e. The molecule has 0 spiro atoms. The maximum absolute atomic E-state index is 12.5. The third kappa shape index (κ3) is 6.20. The molecular weight excluding hydrogens is 440 g/mol. The highest BCUT2D eigenvalue weighted by atomic mass is 16.5. The van der Waals surface area contributed by atoms with Crippen LogP contribution in [0.25, 0.3) is 0 Å². The number of fused-ring (bicyclic) bond motifs is 1. The van der Waals surface area contributed by atoms with Crippen molar-refractivity contribution in [2.75, 3.05) is 27.9 Å². The van der Waals surface area contributed by atoms with E-state index in [1.54, 1.807) is 0 Å². The van der Waals surface area contributed by atoms with Crippen molar-refractivity contribution in [2.24, 2.45) is 0 Å². The molecule has 1 saturated carbocycles. The van der Waals surface area contributed by atoms with Crippen molar-refractivity contribution < 1.29 is 9.53 Å². The first kappa shape index (κ1) is 23.0. The minimum atomic E-state index is -0.285. The predicted molar refractivity (Wildman–Crippen MR) is 140 cm³/mol. The zero-order chi connectivity index (χ0) is 24.0.